The van der Waals surface area contributed by atoms with Gasteiger partial charge in [-0.3, -0.25) is 0 Å². The van der Waals surface area contributed by atoms with E-state index in [1.165, 1.54) is 12.1 Å². The molecule has 23 heavy (non-hydrogen) atoms. The summed E-state index contributed by atoms with van der Waals surface area (Å²) in [6.07, 6.45) is 2.27. The zero-order valence-corrected chi connectivity index (χ0v) is 14.0. The molecule has 2 rings (SSSR count). The van der Waals surface area contributed by atoms with Gasteiger partial charge in [-0.25, -0.2) is 21.6 Å². The lowest BCUT2D eigenvalue weighted by molar-refractivity contribution is -0.297. The van der Waals surface area contributed by atoms with E-state index in [1.54, 1.807) is 19.1 Å². The van der Waals surface area contributed by atoms with Crippen LogP contribution in [-0.4, -0.2) is 40.4 Å². The van der Waals surface area contributed by atoms with Crippen LogP contribution in [0.4, 0.5) is 0 Å². The number of sulfonamides is 1. The second-order valence-corrected chi connectivity index (χ2v) is 9.31. The molecule has 1 aromatic rings. The topological polar surface area (TPSA) is 120 Å². The van der Waals surface area contributed by atoms with Gasteiger partial charge in [-0.2, -0.15) is 0 Å². The Kier molecular flexibility index (Phi) is 4.92. The lowest BCUT2D eigenvalue weighted by atomic mass is 10.1. The number of rotatable bonds is 5. The number of aryl methyl sites for hydroxylation is 1. The molecule has 1 saturated heterocycles. The number of sulfone groups is 1. The number of benzene rings is 1. The summed E-state index contributed by atoms with van der Waals surface area (Å²) < 4.78 is 50.2. The summed E-state index contributed by atoms with van der Waals surface area (Å²) in [4.78, 5) is 10.4. The predicted molar refractivity (Wildman–Crippen MR) is 82.6 cm³/mol. The molecule has 9 heteroatoms. The highest BCUT2D eigenvalue weighted by Gasteiger charge is 2.31. The lowest BCUT2D eigenvalue weighted by Crippen LogP contribution is -2.35. The summed E-state index contributed by atoms with van der Waals surface area (Å²) in [5.41, 5.74) is 0.864. The molecule has 0 aromatic heterocycles. The van der Waals surface area contributed by atoms with E-state index in [0.717, 1.165) is 6.08 Å². The first kappa shape index (κ1) is 17.6. The van der Waals surface area contributed by atoms with E-state index in [1.807, 2.05) is 0 Å². The van der Waals surface area contributed by atoms with Crippen molar-refractivity contribution in [2.45, 2.75) is 24.3 Å². The summed E-state index contributed by atoms with van der Waals surface area (Å²) in [6, 6.07) is 3.82. The van der Waals surface area contributed by atoms with Gasteiger partial charge in [0.2, 0.25) is 10.0 Å². The first-order valence-electron chi connectivity index (χ1n) is 6.81. The zero-order valence-electron chi connectivity index (χ0n) is 12.4. The van der Waals surface area contributed by atoms with E-state index in [2.05, 4.69) is 4.72 Å². The smallest absolute Gasteiger partial charge is 0.241 e. The van der Waals surface area contributed by atoms with Gasteiger partial charge in [0.15, 0.2) is 9.84 Å². The average molecular weight is 358 g/mol. The molecule has 0 bridgehead atoms. The predicted octanol–water partition coefficient (Wildman–Crippen LogP) is -0.776. The highest BCUT2D eigenvalue weighted by molar-refractivity contribution is 7.92. The first-order chi connectivity index (χ1) is 10.6. The first-order valence-corrected chi connectivity index (χ1v) is 10.1. The van der Waals surface area contributed by atoms with Crippen molar-refractivity contribution in [1.82, 2.24) is 4.72 Å². The Morgan fingerprint density at radius 2 is 2.09 bits per heavy atom. The largest absolute Gasteiger partial charge is 0.545 e. The standard InChI is InChI=1S/C14H17NO6S2/c1-10-2-3-11(4-5-14(16)17)8-13(10)23(20,21)15-12-6-7-22(18,19)9-12/h2-5,8,12,15H,6-7,9H2,1H3,(H,16,17)/p-1/b5-4+/t12-/m0/s1. The molecule has 1 aliphatic rings. The Labute approximate surface area is 135 Å². The monoisotopic (exact) mass is 358 g/mol. The molecule has 126 valence electrons. The van der Waals surface area contributed by atoms with Gasteiger partial charge in [-0.05, 0) is 36.6 Å². The van der Waals surface area contributed by atoms with Crippen molar-refractivity contribution in [3.8, 4) is 0 Å². The molecule has 1 heterocycles. The highest BCUT2D eigenvalue weighted by atomic mass is 32.2. The minimum atomic E-state index is -3.90. The van der Waals surface area contributed by atoms with Crippen LogP contribution in [0.15, 0.2) is 29.2 Å². The van der Waals surface area contributed by atoms with Crippen molar-refractivity contribution in [1.29, 1.82) is 0 Å². The van der Waals surface area contributed by atoms with Gasteiger partial charge in [-0.15, -0.1) is 0 Å². The summed E-state index contributed by atoms with van der Waals surface area (Å²) in [5, 5.41) is 10.4. The van der Waals surface area contributed by atoms with Gasteiger partial charge in [0.05, 0.1) is 22.4 Å². The van der Waals surface area contributed by atoms with E-state index in [-0.39, 0.29) is 22.8 Å². The molecule has 1 aliphatic heterocycles. The molecule has 7 nitrogen and oxygen atoms in total. The van der Waals surface area contributed by atoms with Crippen LogP contribution < -0.4 is 9.83 Å². The molecule has 0 unspecified atom stereocenters. The highest BCUT2D eigenvalue weighted by Crippen LogP contribution is 2.20. The van der Waals surface area contributed by atoms with Crippen LogP contribution in [0.25, 0.3) is 6.08 Å². The minimum Gasteiger partial charge on any atom is -0.545 e. The summed E-state index contributed by atoms with van der Waals surface area (Å²) >= 11 is 0. The molecule has 0 radical (unpaired) electrons. The maximum absolute atomic E-state index is 12.5. The number of carboxylic acids is 1. The lowest BCUT2D eigenvalue weighted by Gasteiger charge is -2.14. The SMILES string of the molecule is Cc1ccc(/C=C/C(=O)[O-])cc1S(=O)(=O)N[C@H]1CCS(=O)(=O)C1. The van der Waals surface area contributed by atoms with Crippen molar-refractivity contribution in [3.05, 3.63) is 35.4 Å². The van der Waals surface area contributed by atoms with Gasteiger partial charge in [-0.1, -0.05) is 18.2 Å². The fourth-order valence-electron chi connectivity index (χ4n) is 2.34. The van der Waals surface area contributed by atoms with Crippen molar-refractivity contribution >= 4 is 31.9 Å². The quantitative estimate of drug-likeness (QED) is 0.690. The minimum absolute atomic E-state index is 0.0118. The molecule has 0 spiro atoms. The Morgan fingerprint density at radius 1 is 1.39 bits per heavy atom. The maximum Gasteiger partial charge on any atom is 0.241 e. The van der Waals surface area contributed by atoms with Gasteiger partial charge >= 0.3 is 0 Å². The summed E-state index contributed by atoms with van der Waals surface area (Å²) in [6.45, 7) is 1.60. The van der Waals surface area contributed by atoms with Gasteiger partial charge in [0.25, 0.3) is 0 Å². The summed E-state index contributed by atoms with van der Waals surface area (Å²) in [5.74, 6) is -1.63. The second kappa shape index (κ2) is 6.42. The molecular weight excluding hydrogens is 342 g/mol. The van der Waals surface area contributed by atoms with Crippen LogP contribution in [0.2, 0.25) is 0 Å². The fourth-order valence-corrected chi connectivity index (χ4v) is 5.67. The van der Waals surface area contributed by atoms with Crippen LogP contribution in [0, 0.1) is 6.92 Å². The Morgan fingerprint density at radius 3 is 2.65 bits per heavy atom. The Bertz CT molecular complexity index is 855. The number of carbonyl (C=O) groups is 1. The Balaban J connectivity index is 2.28. The molecule has 0 aliphatic carbocycles. The molecule has 0 amide bonds. The second-order valence-electron chi connectivity index (χ2n) is 5.40. The van der Waals surface area contributed by atoms with E-state index >= 15 is 0 Å². The van der Waals surface area contributed by atoms with Crippen LogP contribution in [0.1, 0.15) is 17.5 Å². The molecule has 1 atom stereocenters. The molecule has 1 fully saturated rings. The van der Waals surface area contributed by atoms with Gasteiger partial charge in [0.1, 0.15) is 0 Å². The number of carbonyl (C=O) groups excluding carboxylic acids is 1. The van der Waals surface area contributed by atoms with E-state index in [9.17, 15) is 26.7 Å². The number of hydrogen-bond donors (Lipinski definition) is 1. The fraction of sp³-hybridized carbons (Fsp3) is 0.357. The molecular formula is C14H16NO6S2-. The third-order valence-corrected chi connectivity index (χ3v) is 6.90. The van der Waals surface area contributed by atoms with Crippen molar-refractivity contribution in [2.75, 3.05) is 11.5 Å². The number of hydrogen-bond acceptors (Lipinski definition) is 6. The van der Waals surface area contributed by atoms with Crippen molar-refractivity contribution in [2.24, 2.45) is 0 Å². The number of carboxylic acid groups (broad SMARTS) is 1. The zero-order chi connectivity index (χ0) is 17.3. The molecule has 1 aromatic carbocycles. The van der Waals surface area contributed by atoms with E-state index in [0.29, 0.717) is 11.1 Å². The number of aliphatic carboxylic acids is 1. The average Bonchev–Trinajstić information content (AvgIpc) is 2.75. The van der Waals surface area contributed by atoms with Crippen LogP contribution in [0.5, 0.6) is 0 Å². The molecule has 0 saturated carbocycles. The van der Waals surface area contributed by atoms with Crippen LogP contribution in [-0.2, 0) is 24.7 Å². The maximum atomic E-state index is 12.5. The van der Waals surface area contributed by atoms with Gasteiger partial charge < -0.3 is 9.90 Å². The number of nitrogens with one attached hydrogen (secondary N) is 1. The molecule has 1 N–H and O–H groups in total. The van der Waals surface area contributed by atoms with E-state index in [4.69, 9.17) is 0 Å². The van der Waals surface area contributed by atoms with Gasteiger partial charge in [0, 0.05) is 6.04 Å². The van der Waals surface area contributed by atoms with Crippen LogP contribution >= 0.6 is 0 Å². The van der Waals surface area contributed by atoms with Crippen molar-refractivity contribution in [3.63, 3.8) is 0 Å². The normalized spacial score (nSPS) is 20.8. The van der Waals surface area contributed by atoms with E-state index < -0.39 is 31.9 Å². The van der Waals surface area contributed by atoms with Crippen molar-refractivity contribution < 1.29 is 26.7 Å². The summed E-state index contributed by atoms with van der Waals surface area (Å²) in [7, 11) is -7.09. The van der Waals surface area contributed by atoms with Crippen LogP contribution in [0.3, 0.4) is 0 Å². The third-order valence-electron chi connectivity index (χ3n) is 3.47. The third kappa shape index (κ3) is 4.63. The Hall–Kier alpha value is -1.71.